The summed E-state index contributed by atoms with van der Waals surface area (Å²) in [7, 11) is 0. The summed E-state index contributed by atoms with van der Waals surface area (Å²) < 4.78 is 10.6. The summed E-state index contributed by atoms with van der Waals surface area (Å²) in [6.07, 6.45) is 1.44. The molecule has 1 fully saturated rings. The fourth-order valence-corrected chi connectivity index (χ4v) is 3.16. The normalized spacial score (nSPS) is 14.2. The Hall–Kier alpha value is -3.72. The molecule has 3 aromatic rings. The number of nitrogens with zero attached hydrogens (tertiary/aromatic N) is 4. The zero-order chi connectivity index (χ0) is 20.8. The Bertz CT molecular complexity index is 1030. The molecule has 2 aromatic carbocycles. The second kappa shape index (κ2) is 9.19. The number of nitro groups is 1. The quantitative estimate of drug-likeness (QED) is 0.334. The lowest BCUT2D eigenvalue weighted by molar-refractivity contribution is -0.384. The number of nitro benzene ring substituents is 1. The van der Waals surface area contributed by atoms with Gasteiger partial charge in [0, 0.05) is 36.3 Å². The van der Waals surface area contributed by atoms with Gasteiger partial charge in [0.25, 0.3) is 5.69 Å². The summed E-state index contributed by atoms with van der Waals surface area (Å²) in [6.45, 7) is 2.49. The minimum Gasteiger partial charge on any atom is -0.389 e. The molecule has 0 amide bonds. The number of rotatable bonds is 7. The second-order valence-electron chi connectivity index (χ2n) is 6.66. The standard InChI is InChI=1S/C21H20N4O5/c26-25(27)20-12-16(6-7-19(20)24-8-10-28-11-9-24)14-22-29-15-18-13-21(30-23-18)17-4-2-1-3-5-17/h1-7,12-14H,8-11,15H2/b22-14-. The molecule has 0 N–H and O–H groups in total. The Balaban J connectivity index is 1.39. The van der Waals surface area contributed by atoms with E-state index in [1.54, 1.807) is 18.2 Å². The number of anilines is 1. The molecule has 0 bridgehead atoms. The van der Waals surface area contributed by atoms with Crippen LogP contribution in [-0.2, 0) is 16.2 Å². The van der Waals surface area contributed by atoms with E-state index in [4.69, 9.17) is 14.1 Å². The van der Waals surface area contributed by atoms with Crippen molar-refractivity contribution < 1.29 is 19.0 Å². The van der Waals surface area contributed by atoms with Gasteiger partial charge in [0.2, 0.25) is 0 Å². The lowest BCUT2D eigenvalue weighted by atomic mass is 10.1. The maximum atomic E-state index is 11.5. The third-order valence-corrected chi connectivity index (χ3v) is 4.65. The molecule has 0 radical (unpaired) electrons. The van der Waals surface area contributed by atoms with Crippen molar-refractivity contribution in [2.45, 2.75) is 6.61 Å². The molecule has 154 valence electrons. The van der Waals surface area contributed by atoms with E-state index in [-0.39, 0.29) is 17.2 Å². The number of morpholine rings is 1. The molecule has 1 saturated heterocycles. The SMILES string of the molecule is O=[N+]([O-])c1cc(/C=N\OCc2cc(-c3ccccc3)on2)ccc1N1CCOCC1. The van der Waals surface area contributed by atoms with Crippen LogP contribution in [0.1, 0.15) is 11.3 Å². The van der Waals surface area contributed by atoms with Gasteiger partial charge >= 0.3 is 0 Å². The molecule has 1 aromatic heterocycles. The predicted molar refractivity (Wildman–Crippen MR) is 110 cm³/mol. The van der Waals surface area contributed by atoms with Gasteiger partial charge in [-0.05, 0) is 6.07 Å². The molecule has 0 unspecified atom stereocenters. The van der Waals surface area contributed by atoms with Crippen LogP contribution in [-0.4, -0.2) is 42.6 Å². The Kier molecular flexibility index (Phi) is 6.00. The average Bonchev–Trinajstić information content (AvgIpc) is 3.27. The zero-order valence-corrected chi connectivity index (χ0v) is 16.1. The van der Waals surface area contributed by atoms with E-state index < -0.39 is 0 Å². The molecular formula is C21H20N4O5. The third-order valence-electron chi connectivity index (χ3n) is 4.65. The molecule has 0 spiro atoms. The van der Waals surface area contributed by atoms with E-state index in [9.17, 15) is 10.1 Å². The van der Waals surface area contributed by atoms with Gasteiger partial charge in [-0.15, -0.1) is 0 Å². The summed E-state index contributed by atoms with van der Waals surface area (Å²) >= 11 is 0. The van der Waals surface area contributed by atoms with Crippen molar-refractivity contribution in [3.05, 3.63) is 76.0 Å². The minimum atomic E-state index is -0.385. The number of hydrogen-bond acceptors (Lipinski definition) is 8. The zero-order valence-electron chi connectivity index (χ0n) is 16.1. The molecule has 30 heavy (non-hydrogen) atoms. The van der Waals surface area contributed by atoms with Gasteiger partial charge in [0.1, 0.15) is 11.4 Å². The summed E-state index contributed by atoms with van der Waals surface area (Å²) in [5.41, 5.74) is 2.71. The summed E-state index contributed by atoms with van der Waals surface area (Å²) in [5.74, 6) is 0.646. The number of oxime groups is 1. The number of hydrogen-bond donors (Lipinski definition) is 0. The minimum absolute atomic E-state index is 0.0323. The van der Waals surface area contributed by atoms with Crippen molar-refractivity contribution in [1.29, 1.82) is 0 Å². The maximum absolute atomic E-state index is 11.5. The summed E-state index contributed by atoms with van der Waals surface area (Å²) in [4.78, 5) is 18.3. The molecule has 4 rings (SSSR count). The number of ether oxygens (including phenoxy) is 1. The molecule has 9 heteroatoms. The Morgan fingerprint density at radius 1 is 1.17 bits per heavy atom. The largest absolute Gasteiger partial charge is 0.389 e. The first-order chi connectivity index (χ1) is 14.7. The van der Waals surface area contributed by atoms with Crippen molar-refractivity contribution in [3.63, 3.8) is 0 Å². The molecule has 2 heterocycles. The Labute approximate surface area is 172 Å². The topological polar surface area (TPSA) is 103 Å². The summed E-state index contributed by atoms with van der Waals surface area (Å²) in [5, 5.41) is 19.4. The highest BCUT2D eigenvalue weighted by atomic mass is 16.6. The van der Waals surface area contributed by atoms with Crippen LogP contribution in [0.15, 0.2) is 64.3 Å². The van der Waals surface area contributed by atoms with E-state index in [2.05, 4.69) is 10.3 Å². The molecule has 9 nitrogen and oxygen atoms in total. The van der Waals surface area contributed by atoms with E-state index in [0.29, 0.717) is 49.0 Å². The van der Waals surface area contributed by atoms with Crippen molar-refractivity contribution >= 4 is 17.6 Å². The van der Waals surface area contributed by atoms with Gasteiger partial charge in [-0.1, -0.05) is 46.7 Å². The maximum Gasteiger partial charge on any atom is 0.293 e. The summed E-state index contributed by atoms with van der Waals surface area (Å²) in [6, 6.07) is 16.4. The molecule has 1 aliphatic rings. The smallest absolute Gasteiger partial charge is 0.293 e. The van der Waals surface area contributed by atoms with E-state index in [0.717, 1.165) is 5.56 Å². The van der Waals surface area contributed by atoms with E-state index in [1.165, 1.54) is 12.3 Å². The van der Waals surface area contributed by atoms with Gasteiger partial charge in [-0.3, -0.25) is 10.1 Å². The van der Waals surface area contributed by atoms with Crippen LogP contribution < -0.4 is 4.90 Å². The molecule has 0 atom stereocenters. The molecule has 1 aliphatic heterocycles. The first-order valence-corrected chi connectivity index (χ1v) is 9.48. The van der Waals surface area contributed by atoms with Crippen molar-refractivity contribution in [1.82, 2.24) is 5.16 Å². The predicted octanol–water partition coefficient (Wildman–Crippen LogP) is 3.64. The van der Waals surface area contributed by atoms with Gasteiger partial charge in [-0.25, -0.2) is 0 Å². The highest BCUT2D eigenvalue weighted by Gasteiger charge is 2.21. The van der Waals surface area contributed by atoms with Gasteiger partial charge in [0.15, 0.2) is 12.4 Å². The fraction of sp³-hybridized carbons (Fsp3) is 0.238. The van der Waals surface area contributed by atoms with Crippen LogP contribution in [0, 0.1) is 10.1 Å². The first-order valence-electron chi connectivity index (χ1n) is 9.48. The number of aromatic nitrogens is 1. The molecule has 0 saturated carbocycles. The monoisotopic (exact) mass is 408 g/mol. The van der Waals surface area contributed by atoms with Crippen molar-refractivity contribution in [2.24, 2.45) is 5.16 Å². The first kappa shape index (κ1) is 19.6. The van der Waals surface area contributed by atoms with Gasteiger partial charge < -0.3 is 19.0 Å². The Morgan fingerprint density at radius 3 is 2.73 bits per heavy atom. The van der Waals surface area contributed by atoms with Crippen LogP contribution in [0.4, 0.5) is 11.4 Å². The van der Waals surface area contributed by atoms with Crippen LogP contribution in [0.2, 0.25) is 0 Å². The third kappa shape index (κ3) is 4.64. The van der Waals surface area contributed by atoms with Crippen molar-refractivity contribution in [2.75, 3.05) is 31.2 Å². The molecule has 0 aliphatic carbocycles. The fourth-order valence-electron chi connectivity index (χ4n) is 3.16. The van der Waals surface area contributed by atoms with E-state index in [1.807, 2.05) is 35.2 Å². The molecular weight excluding hydrogens is 388 g/mol. The number of benzene rings is 2. The van der Waals surface area contributed by atoms with Crippen LogP contribution in [0.3, 0.4) is 0 Å². The lowest BCUT2D eigenvalue weighted by Gasteiger charge is -2.28. The van der Waals surface area contributed by atoms with Gasteiger partial charge in [-0.2, -0.15) is 0 Å². The average molecular weight is 408 g/mol. The Morgan fingerprint density at radius 2 is 1.97 bits per heavy atom. The second-order valence-corrected chi connectivity index (χ2v) is 6.66. The van der Waals surface area contributed by atoms with Crippen LogP contribution >= 0.6 is 0 Å². The van der Waals surface area contributed by atoms with Gasteiger partial charge in [0.05, 0.1) is 24.4 Å². The highest BCUT2D eigenvalue weighted by molar-refractivity contribution is 5.83. The lowest BCUT2D eigenvalue weighted by Crippen LogP contribution is -2.36. The highest BCUT2D eigenvalue weighted by Crippen LogP contribution is 2.29. The van der Waals surface area contributed by atoms with Crippen LogP contribution in [0.5, 0.6) is 0 Å². The van der Waals surface area contributed by atoms with E-state index >= 15 is 0 Å². The van der Waals surface area contributed by atoms with Crippen LogP contribution in [0.25, 0.3) is 11.3 Å². The van der Waals surface area contributed by atoms with Crippen molar-refractivity contribution in [3.8, 4) is 11.3 Å².